The van der Waals surface area contributed by atoms with E-state index in [4.69, 9.17) is 11.6 Å². The first-order valence-electron chi connectivity index (χ1n) is 6.90. The van der Waals surface area contributed by atoms with E-state index in [1.807, 2.05) is 11.8 Å². The van der Waals surface area contributed by atoms with Gasteiger partial charge in [0.05, 0.1) is 11.8 Å². The first-order valence-corrected chi connectivity index (χ1v) is 9.12. The lowest BCUT2D eigenvalue weighted by atomic mass is 10.1. The normalized spacial score (nSPS) is 21.0. The van der Waals surface area contributed by atoms with Gasteiger partial charge in [0.15, 0.2) is 0 Å². The Bertz CT molecular complexity index is 677. The highest BCUT2D eigenvalue weighted by molar-refractivity contribution is 7.88. The van der Waals surface area contributed by atoms with Crippen molar-refractivity contribution in [1.29, 1.82) is 0 Å². The number of hydrogen-bond donors (Lipinski definition) is 1. The van der Waals surface area contributed by atoms with E-state index in [-0.39, 0.29) is 11.6 Å². The number of rotatable bonds is 4. The minimum Gasteiger partial charge on any atom is -0.478 e. The van der Waals surface area contributed by atoms with Crippen LogP contribution < -0.4 is 0 Å². The zero-order valence-corrected chi connectivity index (χ0v) is 14.1. The second kappa shape index (κ2) is 6.54. The second-order valence-corrected chi connectivity index (χ2v) is 7.87. The van der Waals surface area contributed by atoms with Crippen LogP contribution in [-0.2, 0) is 16.6 Å². The largest absolute Gasteiger partial charge is 0.478 e. The molecule has 0 aliphatic carbocycles. The molecule has 0 saturated carbocycles. The highest BCUT2D eigenvalue weighted by Crippen LogP contribution is 2.24. The molecule has 0 amide bonds. The Morgan fingerprint density at radius 3 is 2.64 bits per heavy atom. The van der Waals surface area contributed by atoms with Crippen molar-refractivity contribution in [3.63, 3.8) is 0 Å². The number of benzene rings is 1. The van der Waals surface area contributed by atoms with Crippen molar-refractivity contribution in [1.82, 2.24) is 9.21 Å². The number of carboxylic acids is 1. The van der Waals surface area contributed by atoms with E-state index in [1.54, 1.807) is 12.1 Å². The molecule has 1 aromatic rings. The van der Waals surface area contributed by atoms with Gasteiger partial charge in [0.25, 0.3) is 0 Å². The van der Waals surface area contributed by atoms with Gasteiger partial charge in [-0.15, -0.1) is 0 Å². The topological polar surface area (TPSA) is 77.9 Å². The standard InChI is InChI=1S/C14H19ClN2O4S/c1-10-8-16(6-7-17(10)22(2,20)21)9-12-11(14(18)19)4-3-5-13(12)15/h3-5,10H,6-9H2,1-2H3,(H,18,19)/t10-/m1/s1. The van der Waals surface area contributed by atoms with Crippen LogP contribution in [0.5, 0.6) is 0 Å². The van der Waals surface area contributed by atoms with Crippen LogP contribution in [0.1, 0.15) is 22.8 Å². The highest BCUT2D eigenvalue weighted by Gasteiger charge is 2.30. The number of carbonyl (C=O) groups is 1. The summed E-state index contributed by atoms with van der Waals surface area (Å²) >= 11 is 6.13. The van der Waals surface area contributed by atoms with Crippen LogP contribution in [0.3, 0.4) is 0 Å². The van der Waals surface area contributed by atoms with E-state index in [9.17, 15) is 18.3 Å². The van der Waals surface area contributed by atoms with Gasteiger partial charge >= 0.3 is 5.97 Å². The van der Waals surface area contributed by atoms with E-state index in [1.165, 1.54) is 16.6 Å². The van der Waals surface area contributed by atoms with Crippen LogP contribution in [0.4, 0.5) is 0 Å². The van der Waals surface area contributed by atoms with Gasteiger partial charge in [-0.3, -0.25) is 4.90 Å². The summed E-state index contributed by atoms with van der Waals surface area (Å²) in [5, 5.41) is 9.67. The summed E-state index contributed by atoms with van der Waals surface area (Å²) < 4.78 is 24.8. The van der Waals surface area contributed by atoms with Crippen LogP contribution in [-0.4, -0.2) is 60.6 Å². The average molecular weight is 347 g/mol. The minimum atomic E-state index is -3.21. The van der Waals surface area contributed by atoms with Crippen molar-refractivity contribution in [2.24, 2.45) is 0 Å². The van der Waals surface area contributed by atoms with Crippen LogP contribution in [0.2, 0.25) is 5.02 Å². The predicted octanol–water partition coefficient (Wildman–Crippen LogP) is 1.50. The molecule has 1 aromatic carbocycles. The maximum atomic E-state index is 11.7. The summed E-state index contributed by atoms with van der Waals surface area (Å²) in [6, 6.07) is 4.65. The molecule has 1 N–H and O–H groups in total. The first kappa shape index (κ1) is 17.2. The van der Waals surface area contributed by atoms with Gasteiger partial charge in [0.2, 0.25) is 10.0 Å². The predicted molar refractivity (Wildman–Crippen MR) is 84.7 cm³/mol. The lowest BCUT2D eigenvalue weighted by Gasteiger charge is -2.38. The van der Waals surface area contributed by atoms with Gasteiger partial charge in [-0.1, -0.05) is 17.7 Å². The maximum absolute atomic E-state index is 11.7. The second-order valence-electron chi connectivity index (χ2n) is 5.53. The average Bonchev–Trinajstić information content (AvgIpc) is 2.39. The Labute approximate surface area is 135 Å². The summed E-state index contributed by atoms with van der Waals surface area (Å²) in [4.78, 5) is 13.3. The molecular formula is C14H19ClN2O4S. The lowest BCUT2D eigenvalue weighted by Crippen LogP contribution is -2.53. The van der Waals surface area contributed by atoms with Crippen LogP contribution in [0.15, 0.2) is 18.2 Å². The number of aromatic carboxylic acids is 1. The van der Waals surface area contributed by atoms with Crippen molar-refractivity contribution in [3.8, 4) is 0 Å². The van der Waals surface area contributed by atoms with Crippen LogP contribution >= 0.6 is 11.6 Å². The SMILES string of the molecule is C[C@@H]1CN(Cc2c(Cl)cccc2C(=O)O)CCN1S(C)(=O)=O. The van der Waals surface area contributed by atoms with E-state index >= 15 is 0 Å². The Balaban J connectivity index is 2.16. The number of carboxylic acid groups (broad SMARTS) is 1. The Hall–Kier alpha value is -1.15. The number of piperazine rings is 1. The summed E-state index contributed by atoms with van der Waals surface area (Å²) in [5.41, 5.74) is 0.752. The van der Waals surface area contributed by atoms with Gasteiger partial charge < -0.3 is 5.11 Å². The monoisotopic (exact) mass is 346 g/mol. The zero-order chi connectivity index (χ0) is 16.5. The van der Waals surface area contributed by atoms with Crippen LogP contribution in [0.25, 0.3) is 0 Å². The smallest absolute Gasteiger partial charge is 0.336 e. The maximum Gasteiger partial charge on any atom is 0.336 e. The summed E-state index contributed by atoms with van der Waals surface area (Å²) in [6.45, 7) is 3.72. The van der Waals surface area contributed by atoms with Crippen molar-refractivity contribution in [3.05, 3.63) is 34.3 Å². The minimum absolute atomic E-state index is 0.153. The van der Waals surface area contributed by atoms with Crippen LogP contribution in [0, 0.1) is 0 Å². The number of hydrogen-bond acceptors (Lipinski definition) is 4. The first-order chi connectivity index (χ1) is 10.2. The molecule has 22 heavy (non-hydrogen) atoms. The fourth-order valence-corrected chi connectivity index (χ4v) is 4.16. The summed E-state index contributed by atoms with van der Waals surface area (Å²) in [5.74, 6) is -1.01. The fraction of sp³-hybridized carbons (Fsp3) is 0.500. The molecule has 1 aliphatic rings. The van der Waals surface area contributed by atoms with Gasteiger partial charge in [-0.25, -0.2) is 13.2 Å². The van der Waals surface area contributed by atoms with E-state index in [0.717, 1.165) is 0 Å². The number of sulfonamides is 1. The van der Waals surface area contributed by atoms with Gasteiger partial charge in [-0.2, -0.15) is 4.31 Å². The Kier molecular flexibility index (Phi) is 5.11. The molecule has 0 spiro atoms. The summed E-state index contributed by atoms with van der Waals surface area (Å²) in [7, 11) is -3.21. The van der Waals surface area contributed by atoms with Gasteiger partial charge in [-0.05, 0) is 24.6 Å². The Morgan fingerprint density at radius 1 is 1.41 bits per heavy atom. The zero-order valence-electron chi connectivity index (χ0n) is 12.5. The molecule has 1 aliphatic heterocycles. The third kappa shape index (κ3) is 3.78. The van der Waals surface area contributed by atoms with E-state index in [0.29, 0.717) is 36.8 Å². The van der Waals surface area contributed by atoms with E-state index < -0.39 is 16.0 Å². The number of halogens is 1. The third-order valence-electron chi connectivity index (χ3n) is 3.81. The molecule has 122 valence electrons. The number of nitrogens with zero attached hydrogens (tertiary/aromatic N) is 2. The fourth-order valence-electron chi connectivity index (χ4n) is 2.80. The quantitative estimate of drug-likeness (QED) is 0.894. The Morgan fingerprint density at radius 2 is 2.09 bits per heavy atom. The molecule has 1 heterocycles. The van der Waals surface area contributed by atoms with Crippen molar-refractivity contribution < 1.29 is 18.3 Å². The molecule has 0 bridgehead atoms. The summed E-state index contributed by atoms with van der Waals surface area (Å²) in [6.07, 6.45) is 1.20. The molecule has 1 fully saturated rings. The van der Waals surface area contributed by atoms with Gasteiger partial charge in [0, 0.05) is 37.2 Å². The lowest BCUT2D eigenvalue weighted by molar-refractivity contribution is 0.0693. The molecule has 1 saturated heterocycles. The molecule has 2 rings (SSSR count). The van der Waals surface area contributed by atoms with Crippen molar-refractivity contribution >= 4 is 27.6 Å². The molecule has 0 aromatic heterocycles. The molecule has 6 nitrogen and oxygen atoms in total. The van der Waals surface area contributed by atoms with Crippen molar-refractivity contribution in [2.75, 3.05) is 25.9 Å². The third-order valence-corrected chi connectivity index (χ3v) is 5.56. The highest BCUT2D eigenvalue weighted by atomic mass is 35.5. The van der Waals surface area contributed by atoms with E-state index in [2.05, 4.69) is 0 Å². The molecule has 0 radical (unpaired) electrons. The molecular weight excluding hydrogens is 328 g/mol. The molecule has 0 unspecified atom stereocenters. The van der Waals surface area contributed by atoms with Crippen molar-refractivity contribution in [2.45, 2.75) is 19.5 Å². The van der Waals surface area contributed by atoms with Gasteiger partial charge in [0.1, 0.15) is 0 Å². The molecule has 8 heteroatoms. The molecule has 1 atom stereocenters.